The molecule has 0 bridgehead atoms. The minimum absolute atomic E-state index is 0.167. The van der Waals surface area contributed by atoms with Crippen molar-refractivity contribution in [2.45, 2.75) is 0 Å². The van der Waals surface area contributed by atoms with Crippen LogP contribution in [0, 0.1) is 0 Å². The van der Waals surface area contributed by atoms with Crippen LogP contribution in [0.1, 0.15) is 0 Å². The van der Waals surface area contributed by atoms with Crippen LogP contribution in [-0.4, -0.2) is 91.6 Å². The normalized spacial score (nSPS) is 11.1. The van der Waals surface area contributed by atoms with E-state index in [9.17, 15) is 0 Å². The van der Waals surface area contributed by atoms with Crippen molar-refractivity contribution in [2.24, 2.45) is 0 Å². The van der Waals surface area contributed by atoms with Crippen molar-refractivity contribution >= 4 is 0 Å². The van der Waals surface area contributed by atoms with Crippen LogP contribution in [-0.2, 0) is 33.3 Å². The van der Waals surface area contributed by atoms with Gasteiger partial charge in [0, 0.05) is 7.11 Å². The second-order valence-corrected chi connectivity index (χ2v) is 3.89. The van der Waals surface area contributed by atoms with Gasteiger partial charge in [0.25, 0.3) is 0 Å². The third-order valence-electron chi connectivity index (χ3n) is 2.24. The Kier molecular flexibility index (Phi) is 19.4. The highest BCUT2D eigenvalue weighted by molar-refractivity contribution is 4.36. The zero-order chi connectivity index (χ0) is 15.4. The molecule has 0 saturated carbocycles. The molecule has 21 heavy (non-hydrogen) atoms. The van der Waals surface area contributed by atoms with E-state index in [1.807, 2.05) is 0 Å². The minimum Gasteiger partial charge on any atom is -0.382 e. The molecule has 0 spiro atoms. The summed E-state index contributed by atoms with van der Waals surface area (Å²) in [4.78, 5) is 3.86. The lowest BCUT2D eigenvalue weighted by Crippen LogP contribution is -2.14. The molecular weight excluding hydrogens is 284 g/mol. The molecule has 8 nitrogen and oxygen atoms in total. The van der Waals surface area contributed by atoms with E-state index in [4.69, 9.17) is 33.7 Å². The average molecular weight is 312 g/mol. The van der Waals surface area contributed by atoms with Gasteiger partial charge in [-0.15, -0.1) is 0 Å². The van der Waals surface area contributed by atoms with Gasteiger partial charge in [-0.25, -0.2) is 4.89 Å². The molecular formula is C13H28O8. The molecule has 0 rings (SSSR count). The lowest BCUT2D eigenvalue weighted by atomic mass is 10.7. The van der Waals surface area contributed by atoms with Crippen molar-refractivity contribution in [1.29, 1.82) is 0 Å². The largest absolute Gasteiger partial charge is 0.382 e. The Balaban J connectivity index is 2.90. The fraction of sp³-hybridized carbons (Fsp3) is 1.00. The molecule has 128 valence electrons. The summed E-state index contributed by atoms with van der Waals surface area (Å²) in [7, 11) is 1.64. The van der Waals surface area contributed by atoms with E-state index >= 15 is 0 Å². The van der Waals surface area contributed by atoms with Crippen molar-refractivity contribution in [3.63, 3.8) is 0 Å². The molecule has 0 aromatic heterocycles. The molecule has 0 aromatic carbocycles. The van der Waals surface area contributed by atoms with Crippen LogP contribution in [0.15, 0.2) is 0 Å². The summed E-state index contributed by atoms with van der Waals surface area (Å²) in [6.07, 6.45) is 0. The SMILES string of the molecule is COCCOCCOCCOCCOCCOCCOO. The predicted octanol–water partition coefficient (Wildman–Crippen LogP) is 0.205. The van der Waals surface area contributed by atoms with E-state index in [-0.39, 0.29) is 6.61 Å². The first-order chi connectivity index (χ1) is 10.4. The predicted molar refractivity (Wildman–Crippen MR) is 74.6 cm³/mol. The van der Waals surface area contributed by atoms with E-state index in [0.29, 0.717) is 72.7 Å². The maximum Gasteiger partial charge on any atom is 0.105 e. The van der Waals surface area contributed by atoms with Crippen LogP contribution in [0.4, 0.5) is 0 Å². The number of rotatable bonds is 18. The van der Waals surface area contributed by atoms with Crippen LogP contribution in [0.5, 0.6) is 0 Å². The molecule has 0 aliphatic rings. The number of methoxy groups -OCH3 is 1. The van der Waals surface area contributed by atoms with Gasteiger partial charge in [-0.05, 0) is 0 Å². The first kappa shape index (κ1) is 20.7. The molecule has 1 N–H and O–H groups in total. The molecule has 0 heterocycles. The Morgan fingerprint density at radius 3 is 1.05 bits per heavy atom. The van der Waals surface area contributed by atoms with Gasteiger partial charge in [-0.3, -0.25) is 5.26 Å². The molecule has 0 fully saturated rings. The molecule has 0 unspecified atom stereocenters. The van der Waals surface area contributed by atoms with Gasteiger partial charge in [-0.1, -0.05) is 0 Å². The topological polar surface area (TPSA) is 84.8 Å². The summed E-state index contributed by atoms with van der Waals surface area (Å²) in [5, 5.41) is 8.04. The van der Waals surface area contributed by atoms with Gasteiger partial charge in [0.1, 0.15) is 6.61 Å². The van der Waals surface area contributed by atoms with Crippen LogP contribution in [0.25, 0.3) is 0 Å². The van der Waals surface area contributed by atoms with E-state index in [0.717, 1.165) is 0 Å². The fourth-order valence-corrected chi connectivity index (χ4v) is 1.22. The van der Waals surface area contributed by atoms with Crippen LogP contribution in [0.2, 0.25) is 0 Å². The maximum absolute atomic E-state index is 8.04. The number of hydrogen-bond acceptors (Lipinski definition) is 8. The molecule has 0 amide bonds. The minimum atomic E-state index is 0.167. The number of hydrogen-bond donors (Lipinski definition) is 1. The van der Waals surface area contributed by atoms with Gasteiger partial charge < -0.3 is 28.4 Å². The Morgan fingerprint density at radius 2 is 0.762 bits per heavy atom. The molecule has 0 saturated heterocycles. The summed E-state index contributed by atoms with van der Waals surface area (Å²) in [5.41, 5.74) is 0. The smallest absolute Gasteiger partial charge is 0.105 e. The Bertz CT molecular complexity index is 164. The van der Waals surface area contributed by atoms with Crippen LogP contribution < -0.4 is 0 Å². The molecule has 0 aliphatic heterocycles. The van der Waals surface area contributed by atoms with E-state index in [1.54, 1.807) is 7.11 Å². The number of ether oxygens (including phenoxy) is 6. The maximum atomic E-state index is 8.04. The van der Waals surface area contributed by atoms with Gasteiger partial charge in [0.2, 0.25) is 0 Å². The molecule has 0 aromatic rings. The third kappa shape index (κ3) is 19.7. The third-order valence-corrected chi connectivity index (χ3v) is 2.24. The lowest BCUT2D eigenvalue weighted by Gasteiger charge is -2.07. The molecule has 0 aliphatic carbocycles. The highest BCUT2D eigenvalue weighted by Gasteiger charge is 1.93. The molecule has 0 atom stereocenters. The molecule has 8 heteroatoms. The Labute approximate surface area is 126 Å². The van der Waals surface area contributed by atoms with E-state index in [2.05, 4.69) is 4.89 Å². The first-order valence-corrected chi connectivity index (χ1v) is 7.05. The highest BCUT2D eigenvalue weighted by Crippen LogP contribution is 1.84. The summed E-state index contributed by atoms with van der Waals surface area (Å²) in [5.74, 6) is 0. The zero-order valence-electron chi connectivity index (χ0n) is 12.8. The van der Waals surface area contributed by atoms with E-state index in [1.165, 1.54) is 0 Å². The monoisotopic (exact) mass is 312 g/mol. The lowest BCUT2D eigenvalue weighted by molar-refractivity contribution is -0.249. The average Bonchev–Trinajstić information content (AvgIpc) is 2.50. The van der Waals surface area contributed by atoms with Crippen molar-refractivity contribution in [3.05, 3.63) is 0 Å². The quantitative estimate of drug-likeness (QED) is 0.218. The summed E-state index contributed by atoms with van der Waals surface area (Å²) >= 11 is 0. The summed E-state index contributed by atoms with van der Waals surface area (Å²) < 4.78 is 31.1. The second-order valence-electron chi connectivity index (χ2n) is 3.89. The van der Waals surface area contributed by atoms with Crippen molar-refractivity contribution < 1.29 is 38.6 Å². The summed E-state index contributed by atoms with van der Waals surface area (Å²) in [6, 6.07) is 0. The second kappa shape index (κ2) is 19.7. The van der Waals surface area contributed by atoms with E-state index < -0.39 is 0 Å². The van der Waals surface area contributed by atoms with Gasteiger partial charge in [0.05, 0.1) is 72.7 Å². The standard InChI is InChI=1S/C13H28O8/c1-15-2-3-16-4-5-17-6-7-18-8-9-19-10-11-20-12-13-21-14/h14H,2-13H2,1H3. The Morgan fingerprint density at radius 1 is 0.476 bits per heavy atom. The van der Waals surface area contributed by atoms with Gasteiger partial charge in [0.15, 0.2) is 0 Å². The Hall–Kier alpha value is -0.320. The molecule has 0 radical (unpaired) electrons. The van der Waals surface area contributed by atoms with Crippen molar-refractivity contribution in [3.8, 4) is 0 Å². The first-order valence-electron chi connectivity index (χ1n) is 7.05. The van der Waals surface area contributed by atoms with Crippen molar-refractivity contribution in [1.82, 2.24) is 0 Å². The van der Waals surface area contributed by atoms with Gasteiger partial charge >= 0.3 is 0 Å². The van der Waals surface area contributed by atoms with Crippen LogP contribution in [0.3, 0.4) is 0 Å². The van der Waals surface area contributed by atoms with Crippen molar-refractivity contribution in [2.75, 3.05) is 86.4 Å². The fourth-order valence-electron chi connectivity index (χ4n) is 1.22. The summed E-state index contributed by atoms with van der Waals surface area (Å²) in [6.45, 7) is 5.89. The van der Waals surface area contributed by atoms with Gasteiger partial charge in [-0.2, -0.15) is 0 Å². The zero-order valence-corrected chi connectivity index (χ0v) is 12.8. The highest BCUT2D eigenvalue weighted by atomic mass is 17.1. The van der Waals surface area contributed by atoms with Crippen LogP contribution >= 0.6 is 0 Å².